The molecule has 4 nitrogen and oxygen atoms in total. The van der Waals surface area contributed by atoms with Gasteiger partial charge >= 0.3 is 5.97 Å². The van der Waals surface area contributed by atoms with Gasteiger partial charge in [-0.1, -0.05) is 31.2 Å². The van der Waals surface area contributed by atoms with Gasteiger partial charge in [-0.15, -0.1) is 0 Å². The van der Waals surface area contributed by atoms with E-state index in [1.807, 2.05) is 6.92 Å². The minimum atomic E-state index is -0.155. The molecule has 118 valence electrons. The number of methoxy groups -OCH3 is 1. The summed E-state index contributed by atoms with van der Waals surface area (Å²) in [6.07, 6.45) is 2.23. The molecule has 1 aromatic carbocycles. The molecule has 1 N–H and O–H groups in total. The normalized spacial score (nSPS) is 12.1. The molecule has 0 heterocycles. The number of carbonyl (C=O) groups is 1. The first kappa shape index (κ1) is 17.7. The van der Waals surface area contributed by atoms with Gasteiger partial charge in [0.15, 0.2) is 0 Å². The Morgan fingerprint density at radius 1 is 1.19 bits per heavy atom. The monoisotopic (exact) mass is 293 g/mol. The molecule has 0 aliphatic rings. The highest BCUT2D eigenvalue weighted by atomic mass is 16.5. The zero-order valence-corrected chi connectivity index (χ0v) is 13.4. The highest BCUT2D eigenvalue weighted by Crippen LogP contribution is 2.10. The molecule has 0 bridgehead atoms. The van der Waals surface area contributed by atoms with Gasteiger partial charge < -0.3 is 14.8 Å². The van der Waals surface area contributed by atoms with E-state index in [1.165, 1.54) is 11.1 Å². The molecule has 1 aromatic rings. The van der Waals surface area contributed by atoms with Crippen molar-refractivity contribution in [2.45, 2.75) is 39.2 Å². The number of carbonyl (C=O) groups excluding carboxylic acids is 1. The number of benzene rings is 1. The average molecular weight is 293 g/mol. The molecule has 21 heavy (non-hydrogen) atoms. The summed E-state index contributed by atoms with van der Waals surface area (Å²) in [4.78, 5) is 11.7. The topological polar surface area (TPSA) is 47.6 Å². The van der Waals surface area contributed by atoms with Crippen molar-refractivity contribution in [2.24, 2.45) is 0 Å². The van der Waals surface area contributed by atoms with Gasteiger partial charge in [0.1, 0.15) is 0 Å². The first-order valence-electron chi connectivity index (χ1n) is 7.65. The molecule has 4 heteroatoms. The molecule has 0 aromatic heterocycles. The SMILES string of the molecule is CCOC(=O)CC(Cc1ccc(CC)cc1)NCCOC. The van der Waals surface area contributed by atoms with Crippen molar-refractivity contribution in [1.82, 2.24) is 5.32 Å². The van der Waals surface area contributed by atoms with Crippen LogP contribution >= 0.6 is 0 Å². The number of hydrogen-bond acceptors (Lipinski definition) is 4. The molecule has 1 rings (SSSR count). The van der Waals surface area contributed by atoms with Crippen LogP contribution in [0.1, 0.15) is 31.4 Å². The Morgan fingerprint density at radius 3 is 2.43 bits per heavy atom. The highest BCUT2D eigenvalue weighted by molar-refractivity contribution is 5.70. The van der Waals surface area contributed by atoms with Gasteiger partial charge in [0.05, 0.1) is 19.6 Å². The maximum absolute atomic E-state index is 11.7. The first-order valence-corrected chi connectivity index (χ1v) is 7.65. The van der Waals surface area contributed by atoms with Crippen molar-refractivity contribution in [1.29, 1.82) is 0 Å². The van der Waals surface area contributed by atoms with Crippen LogP contribution < -0.4 is 5.32 Å². The molecule has 0 fully saturated rings. The van der Waals surface area contributed by atoms with E-state index in [-0.39, 0.29) is 12.0 Å². The molecule has 0 aliphatic carbocycles. The smallest absolute Gasteiger partial charge is 0.307 e. The molecule has 0 radical (unpaired) electrons. The number of rotatable bonds is 10. The lowest BCUT2D eigenvalue weighted by atomic mass is 10.0. The summed E-state index contributed by atoms with van der Waals surface area (Å²) in [5.41, 5.74) is 2.56. The minimum absolute atomic E-state index is 0.0756. The Bertz CT molecular complexity index is 403. The Hall–Kier alpha value is -1.39. The molecular formula is C17H27NO3. The Kier molecular flexibility index (Phi) is 8.71. The predicted molar refractivity (Wildman–Crippen MR) is 84.4 cm³/mol. The number of aryl methyl sites for hydroxylation is 1. The van der Waals surface area contributed by atoms with Crippen LogP contribution in [0.4, 0.5) is 0 Å². The Balaban J connectivity index is 2.58. The predicted octanol–water partition coefficient (Wildman–Crippen LogP) is 2.35. The molecule has 0 amide bonds. The van der Waals surface area contributed by atoms with Crippen molar-refractivity contribution < 1.29 is 14.3 Å². The van der Waals surface area contributed by atoms with Gasteiger partial charge in [0.2, 0.25) is 0 Å². The molecular weight excluding hydrogens is 266 g/mol. The molecule has 0 aliphatic heterocycles. The van der Waals surface area contributed by atoms with Crippen molar-refractivity contribution >= 4 is 5.97 Å². The van der Waals surface area contributed by atoms with Crippen LogP contribution in [0.5, 0.6) is 0 Å². The fourth-order valence-corrected chi connectivity index (χ4v) is 2.20. The van der Waals surface area contributed by atoms with Gasteiger partial charge in [-0.3, -0.25) is 4.79 Å². The lowest BCUT2D eigenvalue weighted by Crippen LogP contribution is -2.36. The van der Waals surface area contributed by atoms with Gasteiger partial charge in [0.25, 0.3) is 0 Å². The Labute approximate surface area is 127 Å². The zero-order chi connectivity index (χ0) is 15.5. The van der Waals surface area contributed by atoms with Gasteiger partial charge in [-0.2, -0.15) is 0 Å². The first-order chi connectivity index (χ1) is 10.2. The van der Waals surface area contributed by atoms with E-state index in [4.69, 9.17) is 9.47 Å². The highest BCUT2D eigenvalue weighted by Gasteiger charge is 2.14. The number of ether oxygens (including phenoxy) is 2. The fourth-order valence-electron chi connectivity index (χ4n) is 2.20. The van der Waals surface area contributed by atoms with E-state index in [0.29, 0.717) is 19.6 Å². The van der Waals surface area contributed by atoms with Crippen LogP contribution in [0.2, 0.25) is 0 Å². The summed E-state index contributed by atoms with van der Waals surface area (Å²) in [5, 5.41) is 3.36. The van der Waals surface area contributed by atoms with E-state index in [2.05, 4.69) is 36.5 Å². The van der Waals surface area contributed by atoms with Crippen LogP contribution in [0.15, 0.2) is 24.3 Å². The summed E-state index contributed by atoms with van der Waals surface area (Å²) < 4.78 is 10.1. The second-order valence-corrected chi connectivity index (χ2v) is 5.03. The van der Waals surface area contributed by atoms with Crippen LogP contribution in [-0.4, -0.2) is 38.9 Å². The van der Waals surface area contributed by atoms with Crippen molar-refractivity contribution in [3.8, 4) is 0 Å². The quantitative estimate of drug-likeness (QED) is 0.531. The van der Waals surface area contributed by atoms with Crippen LogP contribution in [0.25, 0.3) is 0 Å². The second-order valence-electron chi connectivity index (χ2n) is 5.03. The maximum Gasteiger partial charge on any atom is 0.307 e. The fraction of sp³-hybridized carbons (Fsp3) is 0.588. The molecule has 0 saturated carbocycles. The van der Waals surface area contributed by atoms with E-state index in [9.17, 15) is 4.79 Å². The zero-order valence-electron chi connectivity index (χ0n) is 13.4. The van der Waals surface area contributed by atoms with E-state index >= 15 is 0 Å². The van der Waals surface area contributed by atoms with E-state index in [1.54, 1.807) is 7.11 Å². The van der Waals surface area contributed by atoms with Gasteiger partial charge in [0, 0.05) is 19.7 Å². The number of hydrogen-bond donors (Lipinski definition) is 1. The van der Waals surface area contributed by atoms with Gasteiger partial charge in [-0.25, -0.2) is 0 Å². The summed E-state index contributed by atoms with van der Waals surface area (Å²) in [7, 11) is 1.67. The Morgan fingerprint density at radius 2 is 1.86 bits per heavy atom. The summed E-state index contributed by atoms with van der Waals surface area (Å²) >= 11 is 0. The standard InChI is InChI=1S/C17H27NO3/c1-4-14-6-8-15(9-7-14)12-16(18-10-11-20-3)13-17(19)21-5-2/h6-9,16,18H,4-5,10-13H2,1-3H3. The van der Waals surface area contributed by atoms with Crippen molar-refractivity contribution in [3.63, 3.8) is 0 Å². The maximum atomic E-state index is 11.7. The number of nitrogens with one attached hydrogen (secondary N) is 1. The third kappa shape index (κ3) is 7.25. The molecule has 0 spiro atoms. The largest absolute Gasteiger partial charge is 0.466 e. The van der Waals surface area contributed by atoms with E-state index < -0.39 is 0 Å². The lowest BCUT2D eigenvalue weighted by molar-refractivity contribution is -0.143. The molecule has 1 unspecified atom stereocenters. The summed E-state index contributed by atoms with van der Waals surface area (Å²) in [6.45, 7) is 5.76. The van der Waals surface area contributed by atoms with Crippen LogP contribution in [0, 0.1) is 0 Å². The molecule has 0 saturated heterocycles. The van der Waals surface area contributed by atoms with E-state index in [0.717, 1.165) is 19.4 Å². The van der Waals surface area contributed by atoms with Crippen LogP contribution in [-0.2, 0) is 27.1 Å². The second kappa shape index (κ2) is 10.4. The van der Waals surface area contributed by atoms with Crippen molar-refractivity contribution in [2.75, 3.05) is 26.9 Å². The third-order valence-corrected chi connectivity index (χ3v) is 3.37. The average Bonchev–Trinajstić information content (AvgIpc) is 2.48. The minimum Gasteiger partial charge on any atom is -0.466 e. The van der Waals surface area contributed by atoms with Gasteiger partial charge in [-0.05, 0) is 30.9 Å². The summed E-state index contributed by atoms with van der Waals surface area (Å²) in [5.74, 6) is -0.155. The lowest BCUT2D eigenvalue weighted by Gasteiger charge is -2.18. The third-order valence-electron chi connectivity index (χ3n) is 3.37. The molecule has 1 atom stereocenters. The van der Waals surface area contributed by atoms with Crippen molar-refractivity contribution in [3.05, 3.63) is 35.4 Å². The summed E-state index contributed by atoms with van der Waals surface area (Å²) in [6, 6.07) is 8.63. The van der Waals surface area contributed by atoms with Crippen LogP contribution in [0.3, 0.4) is 0 Å². The number of esters is 1.